The fraction of sp³-hybridized carbons (Fsp3) is 0.467. The summed E-state index contributed by atoms with van der Waals surface area (Å²) in [5.41, 5.74) is 1.71. The van der Waals surface area contributed by atoms with Gasteiger partial charge in [-0.15, -0.1) is 12.4 Å². The molecular formula is C15H22ClN3O2S. The second kappa shape index (κ2) is 6.58. The van der Waals surface area contributed by atoms with Crippen molar-refractivity contribution in [3.8, 4) is 0 Å². The molecule has 5 nitrogen and oxygen atoms in total. The van der Waals surface area contributed by atoms with Crippen LogP contribution in [0.15, 0.2) is 29.2 Å². The number of para-hydroxylation sites is 1. The van der Waals surface area contributed by atoms with E-state index in [2.05, 4.69) is 10.0 Å². The van der Waals surface area contributed by atoms with E-state index in [0.29, 0.717) is 11.4 Å². The molecule has 0 bridgehead atoms. The van der Waals surface area contributed by atoms with Gasteiger partial charge in [0.2, 0.25) is 10.0 Å². The summed E-state index contributed by atoms with van der Waals surface area (Å²) in [5, 5.41) is 4.02. The Kier molecular flexibility index (Phi) is 5.17. The largest absolute Gasteiger partial charge is 0.347 e. The maximum atomic E-state index is 12.8. The van der Waals surface area contributed by atoms with Crippen LogP contribution in [0.2, 0.25) is 0 Å². The highest BCUT2D eigenvalue weighted by molar-refractivity contribution is 7.89. The van der Waals surface area contributed by atoms with Gasteiger partial charge in [0.15, 0.2) is 0 Å². The molecular weight excluding hydrogens is 322 g/mol. The first-order valence-electron chi connectivity index (χ1n) is 7.28. The lowest BCUT2D eigenvalue weighted by molar-refractivity contribution is 0.428. The monoisotopic (exact) mass is 343 g/mol. The van der Waals surface area contributed by atoms with Crippen molar-refractivity contribution in [1.29, 1.82) is 0 Å². The summed E-state index contributed by atoms with van der Waals surface area (Å²) in [6.07, 6.45) is 1.89. The molecule has 0 spiro atoms. The molecule has 0 radical (unpaired) electrons. The Morgan fingerprint density at radius 2 is 2.05 bits per heavy atom. The summed E-state index contributed by atoms with van der Waals surface area (Å²) < 4.78 is 30.4. The van der Waals surface area contributed by atoms with Crippen LogP contribution in [0.1, 0.15) is 18.5 Å². The number of piperidine rings is 1. The topological polar surface area (TPSA) is 63.1 Å². The second-order valence-electron chi connectivity index (χ2n) is 5.66. The van der Waals surface area contributed by atoms with Crippen LogP contribution in [0.5, 0.6) is 0 Å². The molecule has 0 unspecified atom stereocenters. The molecule has 122 valence electrons. The molecule has 1 aromatic heterocycles. The molecule has 1 fully saturated rings. The molecule has 1 aliphatic rings. The quantitative estimate of drug-likeness (QED) is 0.895. The van der Waals surface area contributed by atoms with Crippen molar-refractivity contribution in [2.45, 2.75) is 30.7 Å². The number of aromatic nitrogens is 1. The SMILES string of the molecule is Cc1c(S(=O)(=O)N[C@@H]2CCCNC2)c2ccccc2n1C.Cl. The minimum absolute atomic E-state index is 0. The van der Waals surface area contributed by atoms with Gasteiger partial charge in [0.05, 0.1) is 0 Å². The van der Waals surface area contributed by atoms with Gasteiger partial charge in [-0.3, -0.25) is 0 Å². The lowest BCUT2D eigenvalue weighted by Gasteiger charge is -2.23. The van der Waals surface area contributed by atoms with E-state index in [1.165, 1.54) is 0 Å². The highest BCUT2D eigenvalue weighted by Crippen LogP contribution is 2.29. The third kappa shape index (κ3) is 3.01. The Labute approximate surface area is 137 Å². The van der Waals surface area contributed by atoms with Crippen molar-refractivity contribution in [3.05, 3.63) is 30.0 Å². The summed E-state index contributed by atoms with van der Waals surface area (Å²) >= 11 is 0. The number of nitrogens with one attached hydrogen (secondary N) is 2. The van der Waals surface area contributed by atoms with Gasteiger partial charge in [-0.2, -0.15) is 0 Å². The van der Waals surface area contributed by atoms with E-state index in [0.717, 1.165) is 36.0 Å². The van der Waals surface area contributed by atoms with Crippen LogP contribution < -0.4 is 10.0 Å². The third-order valence-electron chi connectivity index (χ3n) is 4.23. The van der Waals surface area contributed by atoms with E-state index in [-0.39, 0.29) is 18.4 Å². The van der Waals surface area contributed by atoms with E-state index < -0.39 is 10.0 Å². The third-order valence-corrected chi connectivity index (χ3v) is 5.93. The minimum atomic E-state index is -3.51. The number of halogens is 1. The van der Waals surface area contributed by atoms with Crippen LogP contribution in [0.25, 0.3) is 10.9 Å². The van der Waals surface area contributed by atoms with Gasteiger partial charge in [0, 0.05) is 36.2 Å². The Morgan fingerprint density at radius 3 is 2.73 bits per heavy atom. The highest BCUT2D eigenvalue weighted by Gasteiger charge is 2.27. The molecule has 0 saturated carbocycles. The average molecular weight is 344 g/mol. The van der Waals surface area contributed by atoms with Crippen molar-refractivity contribution in [3.63, 3.8) is 0 Å². The first-order valence-corrected chi connectivity index (χ1v) is 8.76. The average Bonchev–Trinajstić information content (AvgIpc) is 2.72. The van der Waals surface area contributed by atoms with Crippen LogP contribution in [-0.2, 0) is 17.1 Å². The first kappa shape index (κ1) is 17.3. The number of fused-ring (bicyclic) bond motifs is 1. The van der Waals surface area contributed by atoms with Crippen molar-refractivity contribution in [2.75, 3.05) is 13.1 Å². The standard InChI is InChI=1S/C15H21N3O2S.ClH/c1-11-15(13-7-3-4-8-14(13)18(11)2)21(19,20)17-12-6-5-9-16-10-12;/h3-4,7-8,12,16-17H,5-6,9-10H2,1-2H3;1H/t12-;/m1./s1. The van der Waals surface area contributed by atoms with E-state index in [9.17, 15) is 8.42 Å². The second-order valence-corrected chi connectivity index (χ2v) is 7.31. The van der Waals surface area contributed by atoms with Gasteiger partial charge >= 0.3 is 0 Å². The number of benzene rings is 1. The lowest BCUT2D eigenvalue weighted by atomic mass is 10.1. The Morgan fingerprint density at radius 1 is 1.32 bits per heavy atom. The van der Waals surface area contributed by atoms with Gasteiger partial charge in [-0.1, -0.05) is 18.2 Å². The number of nitrogens with zero attached hydrogens (tertiary/aromatic N) is 1. The van der Waals surface area contributed by atoms with Gasteiger partial charge in [0.1, 0.15) is 4.90 Å². The molecule has 3 rings (SSSR count). The van der Waals surface area contributed by atoms with E-state index in [4.69, 9.17) is 0 Å². The van der Waals surface area contributed by atoms with Crippen LogP contribution in [0.3, 0.4) is 0 Å². The molecule has 2 aromatic rings. The number of hydrogen-bond acceptors (Lipinski definition) is 3. The van der Waals surface area contributed by atoms with E-state index in [1.807, 2.05) is 42.8 Å². The highest BCUT2D eigenvalue weighted by atomic mass is 35.5. The predicted molar refractivity (Wildman–Crippen MR) is 91.1 cm³/mol. The molecule has 22 heavy (non-hydrogen) atoms. The van der Waals surface area contributed by atoms with Gasteiger partial charge in [-0.25, -0.2) is 13.1 Å². The molecule has 0 amide bonds. The van der Waals surface area contributed by atoms with Crippen LogP contribution >= 0.6 is 12.4 Å². The fourth-order valence-electron chi connectivity index (χ4n) is 3.06. The minimum Gasteiger partial charge on any atom is -0.347 e. The first-order chi connectivity index (χ1) is 10.0. The number of sulfonamides is 1. The van der Waals surface area contributed by atoms with Gasteiger partial charge < -0.3 is 9.88 Å². The molecule has 1 saturated heterocycles. The van der Waals surface area contributed by atoms with Crippen molar-refractivity contribution in [2.24, 2.45) is 7.05 Å². The van der Waals surface area contributed by atoms with E-state index in [1.54, 1.807) is 0 Å². The molecule has 0 aliphatic carbocycles. The zero-order valence-corrected chi connectivity index (χ0v) is 14.4. The summed E-state index contributed by atoms with van der Waals surface area (Å²) in [6, 6.07) is 7.60. The number of hydrogen-bond donors (Lipinski definition) is 2. The Balaban J connectivity index is 0.00000176. The molecule has 1 atom stereocenters. The van der Waals surface area contributed by atoms with Crippen molar-refractivity contribution >= 4 is 33.3 Å². The molecule has 7 heteroatoms. The summed E-state index contributed by atoms with van der Waals surface area (Å²) in [7, 11) is -1.61. The Hall–Kier alpha value is -1.08. The van der Waals surface area contributed by atoms with Crippen LogP contribution in [-0.4, -0.2) is 32.1 Å². The summed E-state index contributed by atoms with van der Waals surface area (Å²) in [5.74, 6) is 0. The molecule has 1 aliphatic heterocycles. The summed E-state index contributed by atoms with van der Waals surface area (Å²) in [4.78, 5) is 0.408. The maximum absolute atomic E-state index is 12.8. The van der Waals surface area contributed by atoms with Crippen molar-refractivity contribution < 1.29 is 8.42 Å². The Bertz CT molecular complexity index is 764. The van der Waals surface area contributed by atoms with Gasteiger partial charge in [-0.05, 0) is 32.4 Å². The molecule has 2 N–H and O–H groups in total. The summed E-state index contributed by atoms with van der Waals surface area (Å²) in [6.45, 7) is 3.52. The molecule has 2 heterocycles. The van der Waals surface area contributed by atoms with Crippen LogP contribution in [0, 0.1) is 6.92 Å². The number of rotatable bonds is 3. The zero-order valence-electron chi connectivity index (χ0n) is 12.8. The smallest absolute Gasteiger partial charge is 0.243 e. The van der Waals surface area contributed by atoms with Gasteiger partial charge in [0.25, 0.3) is 0 Å². The van der Waals surface area contributed by atoms with Crippen molar-refractivity contribution in [1.82, 2.24) is 14.6 Å². The zero-order chi connectivity index (χ0) is 15.0. The fourth-order valence-corrected chi connectivity index (χ4v) is 4.80. The molecule has 1 aromatic carbocycles. The normalized spacial score (nSPS) is 19.1. The van der Waals surface area contributed by atoms with Crippen LogP contribution in [0.4, 0.5) is 0 Å². The maximum Gasteiger partial charge on any atom is 0.243 e. The van der Waals surface area contributed by atoms with E-state index >= 15 is 0 Å². The number of aryl methyl sites for hydroxylation is 1. The lowest BCUT2D eigenvalue weighted by Crippen LogP contribution is -2.45. The predicted octanol–water partition coefficient (Wildman–Crippen LogP) is 1.94.